The third-order valence-corrected chi connectivity index (χ3v) is 7.63. The summed E-state index contributed by atoms with van der Waals surface area (Å²) in [7, 11) is 0. The summed E-state index contributed by atoms with van der Waals surface area (Å²) < 4.78 is 0. The lowest BCUT2D eigenvalue weighted by Crippen LogP contribution is -2.15. The summed E-state index contributed by atoms with van der Waals surface area (Å²) in [6, 6.07) is 33.9. The molecule has 0 amide bonds. The van der Waals surface area contributed by atoms with E-state index in [1.54, 1.807) is 11.3 Å². The Morgan fingerprint density at radius 2 is 1.50 bits per heavy atom. The van der Waals surface area contributed by atoms with Gasteiger partial charge in [-0.3, -0.25) is 0 Å². The Kier molecular flexibility index (Phi) is 5.19. The molecule has 0 fully saturated rings. The standard InChI is InChI=1S/C32H21N3S/c1-20-8-11-23(12-9-20)35-28-14-10-21(2)17-27(28)25-6-3-5-24-26(13-15-29(35)32(24)25)31(22(18-33)19-34)30-7-4-16-36-30/h3-17H,1-2H3. The summed E-state index contributed by atoms with van der Waals surface area (Å²) in [5.74, 6) is 0. The van der Waals surface area contributed by atoms with Gasteiger partial charge in [-0.05, 0) is 72.1 Å². The normalized spacial score (nSPS) is 11.5. The average molecular weight is 480 g/mol. The van der Waals surface area contributed by atoms with Crippen LogP contribution in [0.2, 0.25) is 0 Å². The van der Waals surface area contributed by atoms with Crippen molar-refractivity contribution in [2.45, 2.75) is 13.8 Å². The highest BCUT2D eigenvalue weighted by atomic mass is 32.1. The van der Waals surface area contributed by atoms with E-state index in [1.165, 1.54) is 16.7 Å². The number of aryl methyl sites for hydroxylation is 2. The lowest BCUT2D eigenvalue weighted by Gasteiger charge is -2.34. The van der Waals surface area contributed by atoms with Crippen molar-refractivity contribution in [1.29, 1.82) is 10.5 Å². The molecular formula is C32H21N3S. The van der Waals surface area contributed by atoms with Gasteiger partial charge < -0.3 is 4.90 Å². The number of rotatable bonds is 3. The molecule has 6 rings (SSSR count). The van der Waals surface area contributed by atoms with Gasteiger partial charge in [0.15, 0.2) is 0 Å². The monoisotopic (exact) mass is 479 g/mol. The van der Waals surface area contributed by atoms with Crippen molar-refractivity contribution in [2.24, 2.45) is 0 Å². The zero-order chi connectivity index (χ0) is 24.8. The second kappa shape index (κ2) is 8.54. The van der Waals surface area contributed by atoms with E-state index in [0.29, 0.717) is 5.57 Å². The highest BCUT2D eigenvalue weighted by Gasteiger charge is 2.28. The van der Waals surface area contributed by atoms with Gasteiger partial charge in [-0.15, -0.1) is 11.3 Å². The highest BCUT2D eigenvalue weighted by molar-refractivity contribution is 7.11. The number of hydrogen-bond donors (Lipinski definition) is 0. The Balaban J connectivity index is 1.73. The number of anilines is 3. The number of hydrogen-bond acceptors (Lipinski definition) is 4. The molecule has 1 aliphatic rings. The van der Waals surface area contributed by atoms with Crippen LogP contribution in [0.4, 0.5) is 17.1 Å². The molecule has 36 heavy (non-hydrogen) atoms. The third-order valence-electron chi connectivity index (χ3n) is 6.75. The van der Waals surface area contributed by atoms with Gasteiger partial charge in [0.05, 0.1) is 11.4 Å². The van der Waals surface area contributed by atoms with Crippen molar-refractivity contribution >= 4 is 44.7 Å². The summed E-state index contributed by atoms with van der Waals surface area (Å²) >= 11 is 1.54. The zero-order valence-corrected chi connectivity index (χ0v) is 20.7. The number of nitriles is 2. The Labute approximate surface area is 214 Å². The summed E-state index contributed by atoms with van der Waals surface area (Å²) in [5.41, 5.74) is 9.79. The molecule has 0 spiro atoms. The number of thiophene rings is 1. The molecule has 4 aromatic carbocycles. The fourth-order valence-corrected chi connectivity index (χ4v) is 5.92. The van der Waals surface area contributed by atoms with E-state index in [4.69, 9.17) is 0 Å². The van der Waals surface area contributed by atoms with Crippen molar-refractivity contribution in [3.05, 3.63) is 117 Å². The lowest BCUT2D eigenvalue weighted by molar-refractivity contribution is 1.27. The SMILES string of the molecule is Cc1ccc(N2c3ccc(C)cc3-c3cccc4c(C(=C(C#N)C#N)c5cccs5)ccc2c34)cc1. The van der Waals surface area contributed by atoms with E-state index < -0.39 is 0 Å². The number of allylic oxidation sites excluding steroid dienone is 1. The highest BCUT2D eigenvalue weighted by Crippen LogP contribution is 2.52. The lowest BCUT2D eigenvalue weighted by atomic mass is 9.86. The Morgan fingerprint density at radius 3 is 2.22 bits per heavy atom. The van der Waals surface area contributed by atoms with Gasteiger partial charge in [-0.2, -0.15) is 10.5 Å². The van der Waals surface area contributed by atoms with Gasteiger partial charge in [0.25, 0.3) is 0 Å². The minimum absolute atomic E-state index is 0.126. The Bertz CT molecular complexity index is 1750. The molecule has 170 valence electrons. The maximum atomic E-state index is 9.84. The van der Waals surface area contributed by atoms with Gasteiger partial charge in [0, 0.05) is 27.1 Å². The molecule has 0 N–H and O–H groups in total. The summed E-state index contributed by atoms with van der Waals surface area (Å²) in [6.07, 6.45) is 0. The van der Waals surface area contributed by atoms with E-state index >= 15 is 0 Å². The number of fused-ring (bicyclic) bond motifs is 2. The summed E-state index contributed by atoms with van der Waals surface area (Å²) in [4.78, 5) is 3.23. The Hall–Kier alpha value is -4.64. The first-order valence-corrected chi connectivity index (χ1v) is 12.6. The maximum Gasteiger partial charge on any atom is 0.138 e. The molecule has 4 heteroatoms. The van der Waals surface area contributed by atoms with Crippen molar-refractivity contribution in [1.82, 2.24) is 0 Å². The molecule has 0 radical (unpaired) electrons. The van der Waals surface area contributed by atoms with E-state index in [0.717, 1.165) is 43.8 Å². The van der Waals surface area contributed by atoms with E-state index in [2.05, 4.69) is 104 Å². The van der Waals surface area contributed by atoms with Gasteiger partial charge in [0.1, 0.15) is 17.7 Å². The van der Waals surface area contributed by atoms with Gasteiger partial charge in [-0.25, -0.2) is 0 Å². The van der Waals surface area contributed by atoms with Crippen LogP contribution >= 0.6 is 11.3 Å². The van der Waals surface area contributed by atoms with Gasteiger partial charge >= 0.3 is 0 Å². The number of nitrogens with zero attached hydrogens (tertiary/aromatic N) is 3. The van der Waals surface area contributed by atoms with Crippen LogP contribution in [0.25, 0.3) is 27.5 Å². The largest absolute Gasteiger partial charge is 0.309 e. The molecule has 0 unspecified atom stereocenters. The smallest absolute Gasteiger partial charge is 0.138 e. The van der Waals surface area contributed by atoms with Crippen molar-refractivity contribution in [2.75, 3.05) is 4.90 Å². The molecule has 1 aliphatic heterocycles. The maximum absolute atomic E-state index is 9.84. The molecule has 2 heterocycles. The molecule has 0 saturated heterocycles. The van der Waals surface area contributed by atoms with Crippen LogP contribution in [0.15, 0.2) is 95.9 Å². The molecule has 5 aromatic rings. The second-order valence-electron chi connectivity index (χ2n) is 9.00. The van der Waals surface area contributed by atoms with Crippen molar-refractivity contribution in [3.63, 3.8) is 0 Å². The number of benzene rings is 4. The second-order valence-corrected chi connectivity index (χ2v) is 9.95. The van der Waals surface area contributed by atoms with Crippen LogP contribution in [0.3, 0.4) is 0 Å². The van der Waals surface area contributed by atoms with Crippen LogP contribution in [0, 0.1) is 36.5 Å². The predicted octanol–water partition coefficient (Wildman–Crippen LogP) is 8.82. The molecular weight excluding hydrogens is 458 g/mol. The van der Waals surface area contributed by atoms with Crippen LogP contribution in [0.1, 0.15) is 21.6 Å². The van der Waals surface area contributed by atoms with Crippen molar-refractivity contribution < 1.29 is 0 Å². The first-order chi connectivity index (χ1) is 17.6. The molecule has 0 aliphatic carbocycles. The van der Waals surface area contributed by atoms with Crippen LogP contribution < -0.4 is 4.90 Å². The fraction of sp³-hybridized carbons (Fsp3) is 0.0625. The van der Waals surface area contributed by atoms with E-state index in [1.807, 2.05) is 17.5 Å². The van der Waals surface area contributed by atoms with Gasteiger partial charge in [0.2, 0.25) is 0 Å². The van der Waals surface area contributed by atoms with Gasteiger partial charge in [-0.1, -0.05) is 59.7 Å². The molecule has 3 nitrogen and oxygen atoms in total. The van der Waals surface area contributed by atoms with Crippen LogP contribution in [-0.4, -0.2) is 0 Å². The van der Waals surface area contributed by atoms with Crippen LogP contribution in [-0.2, 0) is 0 Å². The molecule has 0 saturated carbocycles. The third kappa shape index (κ3) is 3.32. The quantitative estimate of drug-likeness (QED) is 0.238. The Morgan fingerprint density at radius 1 is 0.750 bits per heavy atom. The molecule has 0 atom stereocenters. The molecule has 0 bridgehead atoms. The first kappa shape index (κ1) is 21.9. The van der Waals surface area contributed by atoms with Crippen molar-refractivity contribution in [3.8, 4) is 23.3 Å². The predicted molar refractivity (Wildman–Crippen MR) is 149 cm³/mol. The summed E-state index contributed by atoms with van der Waals surface area (Å²) in [5, 5.41) is 23.8. The summed E-state index contributed by atoms with van der Waals surface area (Å²) in [6.45, 7) is 4.21. The van der Waals surface area contributed by atoms with E-state index in [9.17, 15) is 10.5 Å². The topological polar surface area (TPSA) is 50.8 Å². The zero-order valence-electron chi connectivity index (χ0n) is 19.9. The molecule has 1 aromatic heterocycles. The van der Waals surface area contributed by atoms with E-state index in [-0.39, 0.29) is 5.57 Å². The minimum atomic E-state index is 0.126. The first-order valence-electron chi connectivity index (χ1n) is 11.7. The van der Waals surface area contributed by atoms with Crippen LogP contribution in [0.5, 0.6) is 0 Å². The fourth-order valence-electron chi connectivity index (χ4n) is 5.13. The average Bonchev–Trinajstić information content (AvgIpc) is 3.43. The minimum Gasteiger partial charge on any atom is -0.309 e.